The lowest BCUT2D eigenvalue weighted by Gasteiger charge is -2.35. The van der Waals surface area contributed by atoms with Gasteiger partial charge >= 0.3 is 0 Å². The minimum Gasteiger partial charge on any atom is -0.353 e. The van der Waals surface area contributed by atoms with Gasteiger partial charge in [0.2, 0.25) is 5.91 Å². The predicted molar refractivity (Wildman–Crippen MR) is 82.6 cm³/mol. The number of rotatable bonds is 6. The van der Waals surface area contributed by atoms with Crippen LogP contribution in [-0.4, -0.2) is 42.5 Å². The van der Waals surface area contributed by atoms with Crippen molar-refractivity contribution >= 4 is 18.3 Å². The van der Waals surface area contributed by atoms with Crippen LogP contribution in [0.3, 0.4) is 0 Å². The lowest BCUT2D eigenvalue weighted by Crippen LogP contribution is -2.48. The number of piperidine rings is 1. The molecular weight excluding hydrogens is 262 g/mol. The third-order valence-corrected chi connectivity index (χ3v) is 3.94. The summed E-state index contributed by atoms with van der Waals surface area (Å²) in [4.78, 5) is 14.2. The van der Waals surface area contributed by atoms with Crippen LogP contribution < -0.4 is 11.1 Å². The number of carbonyl (C=O) groups excluding carboxylic acids is 1. The van der Waals surface area contributed by atoms with Crippen molar-refractivity contribution in [3.8, 4) is 0 Å². The Kier molecular flexibility index (Phi) is 9.40. The van der Waals surface area contributed by atoms with Crippen LogP contribution in [0.4, 0.5) is 0 Å². The molecule has 0 aromatic rings. The van der Waals surface area contributed by atoms with E-state index >= 15 is 0 Å². The van der Waals surface area contributed by atoms with E-state index in [0.717, 1.165) is 13.1 Å². The first-order valence-electron chi connectivity index (χ1n) is 7.33. The van der Waals surface area contributed by atoms with E-state index in [1.807, 2.05) is 13.8 Å². The van der Waals surface area contributed by atoms with Gasteiger partial charge in [0.25, 0.3) is 0 Å². The summed E-state index contributed by atoms with van der Waals surface area (Å²) >= 11 is 0. The lowest BCUT2D eigenvalue weighted by atomic mass is 10.00. The average Bonchev–Trinajstić information content (AvgIpc) is 2.38. The van der Waals surface area contributed by atoms with Crippen LogP contribution in [-0.2, 0) is 4.79 Å². The van der Waals surface area contributed by atoms with Crippen LogP contribution >= 0.6 is 12.4 Å². The molecule has 0 aliphatic carbocycles. The number of amides is 1. The van der Waals surface area contributed by atoms with Gasteiger partial charge in [0, 0.05) is 19.1 Å². The molecule has 1 heterocycles. The molecule has 2 atom stereocenters. The van der Waals surface area contributed by atoms with Gasteiger partial charge in [-0.05, 0) is 31.7 Å². The van der Waals surface area contributed by atoms with E-state index in [1.165, 1.54) is 32.2 Å². The fourth-order valence-corrected chi connectivity index (χ4v) is 2.56. The molecule has 0 aromatic heterocycles. The van der Waals surface area contributed by atoms with Crippen molar-refractivity contribution in [3.63, 3.8) is 0 Å². The lowest BCUT2D eigenvalue weighted by molar-refractivity contribution is -0.123. The number of nitrogens with two attached hydrogens (primary N) is 1. The second-order valence-electron chi connectivity index (χ2n) is 5.65. The molecule has 0 radical (unpaired) electrons. The SMILES string of the molecule is CCC1CCCCN1CCNC(=O)[C@@H](N)C(C)C.Cl. The summed E-state index contributed by atoms with van der Waals surface area (Å²) in [5, 5.41) is 2.95. The topological polar surface area (TPSA) is 58.4 Å². The van der Waals surface area contributed by atoms with E-state index in [9.17, 15) is 4.79 Å². The third-order valence-electron chi connectivity index (χ3n) is 3.94. The van der Waals surface area contributed by atoms with Gasteiger partial charge in [0.15, 0.2) is 0 Å². The van der Waals surface area contributed by atoms with Crippen LogP contribution in [0.1, 0.15) is 46.5 Å². The Labute approximate surface area is 123 Å². The molecule has 3 N–H and O–H groups in total. The Hall–Kier alpha value is -0.320. The van der Waals surface area contributed by atoms with Crippen molar-refractivity contribution < 1.29 is 4.79 Å². The molecule has 1 saturated heterocycles. The summed E-state index contributed by atoms with van der Waals surface area (Å²) in [6, 6.07) is 0.322. The second-order valence-corrected chi connectivity index (χ2v) is 5.65. The number of halogens is 1. The third kappa shape index (κ3) is 6.11. The van der Waals surface area contributed by atoms with Crippen molar-refractivity contribution in [3.05, 3.63) is 0 Å². The monoisotopic (exact) mass is 291 g/mol. The zero-order valence-electron chi connectivity index (χ0n) is 12.5. The van der Waals surface area contributed by atoms with Crippen molar-refractivity contribution in [2.24, 2.45) is 11.7 Å². The highest BCUT2D eigenvalue weighted by Gasteiger charge is 2.21. The molecule has 1 fully saturated rings. The summed E-state index contributed by atoms with van der Waals surface area (Å²) < 4.78 is 0. The van der Waals surface area contributed by atoms with E-state index < -0.39 is 0 Å². The highest BCUT2D eigenvalue weighted by atomic mass is 35.5. The predicted octanol–water partition coefficient (Wildman–Crippen LogP) is 1.77. The average molecular weight is 292 g/mol. The summed E-state index contributed by atoms with van der Waals surface area (Å²) in [5.74, 6) is 0.179. The van der Waals surface area contributed by atoms with E-state index in [-0.39, 0.29) is 30.3 Å². The second kappa shape index (κ2) is 9.56. The molecular formula is C14H30ClN3O. The maximum Gasteiger partial charge on any atom is 0.237 e. The Morgan fingerprint density at radius 1 is 1.42 bits per heavy atom. The molecule has 0 bridgehead atoms. The van der Waals surface area contributed by atoms with E-state index in [0.29, 0.717) is 6.04 Å². The van der Waals surface area contributed by atoms with Gasteiger partial charge < -0.3 is 11.1 Å². The van der Waals surface area contributed by atoms with E-state index in [4.69, 9.17) is 5.73 Å². The largest absolute Gasteiger partial charge is 0.353 e. The zero-order chi connectivity index (χ0) is 13.5. The molecule has 4 nitrogen and oxygen atoms in total. The highest BCUT2D eigenvalue weighted by Crippen LogP contribution is 2.18. The van der Waals surface area contributed by atoms with Crippen LogP contribution in [0.5, 0.6) is 0 Å². The number of carbonyl (C=O) groups is 1. The number of hydrogen-bond donors (Lipinski definition) is 2. The number of likely N-dealkylation sites (tertiary alicyclic amines) is 1. The fraction of sp³-hybridized carbons (Fsp3) is 0.929. The normalized spacial score (nSPS) is 21.8. The maximum absolute atomic E-state index is 11.7. The van der Waals surface area contributed by atoms with E-state index in [1.54, 1.807) is 0 Å². The van der Waals surface area contributed by atoms with Gasteiger partial charge in [-0.25, -0.2) is 0 Å². The summed E-state index contributed by atoms with van der Waals surface area (Å²) in [6.45, 7) is 9.04. The Balaban J connectivity index is 0.00000324. The van der Waals surface area contributed by atoms with Gasteiger partial charge in [-0.1, -0.05) is 27.2 Å². The standard InChI is InChI=1S/C14H29N3O.ClH/c1-4-12-7-5-6-9-17(12)10-8-16-14(18)13(15)11(2)3;/h11-13H,4-10,15H2,1-3H3,(H,16,18);1H/t12?,13-;/m0./s1. The molecule has 1 aliphatic heterocycles. The molecule has 0 aromatic carbocycles. The zero-order valence-corrected chi connectivity index (χ0v) is 13.3. The Morgan fingerprint density at radius 2 is 2.11 bits per heavy atom. The van der Waals surface area contributed by atoms with Crippen LogP contribution in [0.2, 0.25) is 0 Å². The summed E-state index contributed by atoms with van der Waals surface area (Å²) in [5.41, 5.74) is 5.81. The van der Waals surface area contributed by atoms with Gasteiger partial charge in [-0.3, -0.25) is 9.69 Å². The maximum atomic E-state index is 11.7. The number of nitrogens with one attached hydrogen (secondary N) is 1. The molecule has 1 aliphatic rings. The van der Waals surface area contributed by atoms with Crippen LogP contribution in [0.25, 0.3) is 0 Å². The van der Waals surface area contributed by atoms with Crippen molar-refractivity contribution in [1.82, 2.24) is 10.2 Å². The summed E-state index contributed by atoms with van der Waals surface area (Å²) in [6.07, 6.45) is 5.14. The molecule has 114 valence electrons. The van der Waals surface area contributed by atoms with Crippen molar-refractivity contribution in [2.75, 3.05) is 19.6 Å². The molecule has 1 unspecified atom stereocenters. The van der Waals surface area contributed by atoms with Crippen LogP contribution in [0, 0.1) is 5.92 Å². The minimum atomic E-state index is -0.381. The molecule has 0 saturated carbocycles. The van der Waals surface area contributed by atoms with Gasteiger partial charge in [-0.2, -0.15) is 0 Å². The van der Waals surface area contributed by atoms with Crippen molar-refractivity contribution in [2.45, 2.75) is 58.5 Å². The van der Waals surface area contributed by atoms with Crippen LogP contribution in [0.15, 0.2) is 0 Å². The van der Waals surface area contributed by atoms with E-state index in [2.05, 4.69) is 17.1 Å². The summed E-state index contributed by atoms with van der Waals surface area (Å²) in [7, 11) is 0. The highest BCUT2D eigenvalue weighted by molar-refractivity contribution is 5.85. The number of nitrogens with zero attached hydrogens (tertiary/aromatic N) is 1. The molecule has 1 amide bonds. The molecule has 0 spiro atoms. The first kappa shape index (κ1) is 18.7. The molecule has 5 heteroatoms. The first-order chi connectivity index (χ1) is 8.56. The minimum absolute atomic E-state index is 0. The van der Waals surface area contributed by atoms with Gasteiger partial charge in [-0.15, -0.1) is 12.4 Å². The van der Waals surface area contributed by atoms with Crippen molar-refractivity contribution in [1.29, 1.82) is 0 Å². The van der Waals surface area contributed by atoms with Gasteiger partial charge in [0.05, 0.1) is 6.04 Å². The Bertz CT molecular complexity index is 261. The first-order valence-corrected chi connectivity index (χ1v) is 7.33. The Morgan fingerprint density at radius 3 is 2.68 bits per heavy atom. The van der Waals surface area contributed by atoms with Gasteiger partial charge in [0.1, 0.15) is 0 Å². The quantitative estimate of drug-likeness (QED) is 0.784. The molecule has 1 rings (SSSR count). The fourth-order valence-electron chi connectivity index (χ4n) is 2.56. The number of hydrogen-bond acceptors (Lipinski definition) is 3. The smallest absolute Gasteiger partial charge is 0.237 e. The molecule has 19 heavy (non-hydrogen) atoms.